The van der Waals surface area contributed by atoms with E-state index in [1.54, 1.807) is 75.4 Å². The maximum absolute atomic E-state index is 14.3. The third-order valence-corrected chi connectivity index (χ3v) is 9.74. The van der Waals surface area contributed by atoms with Gasteiger partial charge in [0.25, 0.3) is 11.8 Å². The van der Waals surface area contributed by atoms with Crippen LogP contribution in [0.25, 0.3) is 0 Å². The Morgan fingerprint density at radius 2 is 1.62 bits per heavy atom. The van der Waals surface area contributed by atoms with Crippen LogP contribution in [-0.2, 0) is 39.9 Å². The van der Waals surface area contributed by atoms with Crippen LogP contribution < -0.4 is 32.2 Å². The molecular weight excluding hydrogens is 686 g/mol. The van der Waals surface area contributed by atoms with Crippen molar-refractivity contribution in [2.24, 2.45) is 11.5 Å². The van der Waals surface area contributed by atoms with Crippen molar-refractivity contribution in [3.8, 4) is 5.75 Å². The summed E-state index contributed by atoms with van der Waals surface area (Å²) in [6.07, 6.45) is -1.46. The van der Waals surface area contributed by atoms with Crippen LogP contribution in [-0.4, -0.2) is 126 Å². The van der Waals surface area contributed by atoms with E-state index in [0.717, 1.165) is 0 Å². The Labute approximate surface area is 309 Å². The van der Waals surface area contributed by atoms with Gasteiger partial charge in [-0.3, -0.25) is 28.9 Å². The molecule has 0 aromatic heterocycles. The minimum atomic E-state index is -1.79. The molecule has 0 bridgehead atoms. The Bertz CT molecular complexity index is 1610. The molecule has 2 aliphatic rings. The molecule has 2 fully saturated rings. The topological polar surface area (TPSA) is 232 Å². The average Bonchev–Trinajstić information content (AvgIpc) is 3.58. The van der Waals surface area contributed by atoms with Gasteiger partial charge in [0.05, 0.1) is 44.3 Å². The molecule has 16 nitrogen and oxygen atoms in total. The van der Waals surface area contributed by atoms with Crippen LogP contribution in [0.15, 0.2) is 54.6 Å². The summed E-state index contributed by atoms with van der Waals surface area (Å²) in [6.45, 7) is 7.88. The number of anilines is 1. The lowest BCUT2D eigenvalue weighted by molar-refractivity contribution is -0.904. The molecule has 2 saturated heterocycles. The Morgan fingerprint density at radius 1 is 0.962 bits per heavy atom. The molecule has 2 heterocycles. The van der Waals surface area contributed by atoms with Gasteiger partial charge >= 0.3 is 5.91 Å². The number of nitrogens with one attached hydrogen (secondary N) is 3. The lowest BCUT2D eigenvalue weighted by Gasteiger charge is -2.47. The van der Waals surface area contributed by atoms with E-state index < -0.39 is 76.8 Å². The minimum Gasteiger partial charge on any atom is -0.484 e. The molecule has 0 aliphatic carbocycles. The second kappa shape index (κ2) is 18.2. The number of primary amides is 2. The molecule has 0 saturated carbocycles. The summed E-state index contributed by atoms with van der Waals surface area (Å²) in [5, 5.41) is 19.7. The molecule has 288 valence electrons. The van der Waals surface area contributed by atoms with Gasteiger partial charge in [-0.15, -0.1) is 0 Å². The van der Waals surface area contributed by atoms with Crippen molar-refractivity contribution in [2.75, 3.05) is 51.3 Å². The van der Waals surface area contributed by atoms with E-state index in [1.807, 2.05) is 4.90 Å². The molecule has 5 atom stereocenters. The predicted octanol–water partition coefficient (Wildman–Crippen LogP) is -0.426. The first-order valence-electron chi connectivity index (χ1n) is 17.7. The van der Waals surface area contributed by atoms with Gasteiger partial charge in [0.15, 0.2) is 18.8 Å². The molecular formula is C37H52N7O9+. The Kier molecular flexibility index (Phi) is 14.1. The number of quaternary nitrogens is 1. The first-order chi connectivity index (χ1) is 25.1. The first kappa shape index (κ1) is 40.9. The zero-order chi connectivity index (χ0) is 38.8. The molecule has 2 aromatic rings. The van der Waals surface area contributed by atoms with E-state index in [-0.39, 0.29) is 25.4 Å². The highest BCUT2D eigenvalue weighted by atomic mass is 16.5. The average molecular weight is 739 g/mol. The van der Waals surface area contributed by atoms with Crippen LogP contribution in [0.5, 0.6) is 5.75 Å². The van der Waals surface area contributed by atoms with Gasteiger partial charge in [0.1, 0.15) is 11.8 Å². The van der Waals surface area contributed by atoms with Crippen LogP contribution in [0, 0.1) is 0 Å². The maximum Gasteiger partial charge on any atom is 0.345 e. The number of aliphatic hydroxyl groups excluding tert-OH is 1. The third-order valence-electron chi connectivity index (χ3n) is 9.74. The predicted molar refractivity (Wildman–Crippen MR) is 194 cm³/mol. The fourth-order valence-corrected chi connectivity index (χ4v) is 7.06. The number of aliphatic hydroxyl groups is 1. The summed E-state index contributed by atoms with van der Waals surface area (Å²) in [5.74, 6) is -3.70. The summed E-state index contributed by atoms with van der Waals surface area (Å²) < 4.78 is 10.5. The number of nitrogens with two attached hydrogens (primary N) is 2. The summed E-state index contributed by atoms with van der Waals surface area (Å²) in [7, 11) is 0. The van der Waals surface area contributed by atoms with E-state index in [2.05, 4.69) is 16.0 Å². The van der Waals surface area contributed by atoms with Crippen LogP contribution in [0.3, 0.4) is 0 Å². The summed E-state index contributed by atoms with van der Waals surface area (Å²) >= 11 is 0. The van der Waals surface area contributed by atoms with E-state index in [9.17, 15) is 33.9 Å². The van der Waals surface area contributed by atoms with E-state index >= 15 is 0 Å². The van der Waals surface area contributed by atoms with Gasteiger partial charge in [-0.2, -0.15) is 0 Å². The molecule has 4 rings (SSSR count). The molecule has 2 aromatic carbocycles. The number of benzene rings is 2. The van der Waals surface area contributed by atoms with E-state index in [4.69, 9.17) is 20.9 Å². The summed E-state index contributed by atoms with van der Waals surface area (Å²) in [6, 6.07) is 11.6. The standard InChI is InChI=1S/C37H51N7O9/c1-37(2,3)44(17-7-10-29(44)34(39)49)36(51)33(48)27(20-24-8-5-4-6-9-24)42-35(50)28(21-30(38)45)41-32(47)23-53-26-13-11-25(12-14-26)40-31(46)22-43-15-18-52-19-16-43/h4-6,8-9,11-14,27-29,33,48H,7,10,15-23H2,1-3H3,(H6-,38,39,40,41,42,45,46,47,49,50)/p+1/t27-,28-,29-,33-,44?/m0/s1. The van der Waals surface area contributed by atoms with Crippen molar-refractivity contribution < 1.29 is 47.8 Å². The molecule has 2 aliphatic heterocycles. The number of hydrogen-bond acceptors (Lipinski definition) is 10. The van der Waals surface area contributed by atoms with Crippen molar-refractivity contribution >= 4 is 41.1 Å². The van der Waals surface area contributed by atoms with Gasteiger partial charge in [0.2, 0.25) is 17.7 Å². The van der Waals surface area contributed by atoms with Gasteiger partial charge in [-0.25, -0.2) is 9.28 Å². The monoisotopic (exact) mass is 738 g/mol. The van der Waals surface area contributed by atoms with Crippen LogP contribution in [0.2, 0.25) is 0 Å². The largest absolute Gasteiger partial charge is 0.484 e. The second-order valence-corrected chi connectivity index (χ2v) is 14.5. The lowest BCUT2D eigenvalue weighted by Crippen LogP contribution is -2.72. The van der Waals surface area contributed by atoms with Crippen LogP contribution in [0.4, 0.5) is 5.69 Å². The highest BCUT2D eigenvalue weighted by molar-refractivity contribution is 5.93. The Morgan fingerprint density at radius 3 is 2.23 bits per heavy atom. The van der Waals surface area contributed by atoms with Crippen molar-refractivity contribution in [3.05, 3.63) is 60.2 Å². The van der Waals surface area contributed by atoms with Gasteiger partial charge in [0, 0.05) is 31.6 Å². The fourth-order valence-electron chi connectivity index (χ4n) is 7.06. The molecule has 0 spiro atoms. The zero-order valence-corrected chi connectivity index (χ0v) is 30.5. The number of ether oxygens (including phenoxy) is 2. The number of amides is 6. The van der Waals surface area contributed by atoms with Crippen molar-refractivity contribution in [3.63, 3.8) is 0 Å². The van der Waals surface area contributed by atoms with Crippen LogP contribution >= 0.6 is 0 Å². The summed E-state index contributed by atoms with van der Waals surface area (Å²) in [4.78, 5) is 80.0. The van der Waals surface area contributed by atoms with Crippen LogP contribution in [0.1, 0.15) is 45.6 Å². The third kappa shape index (κ3) is 10.8. The number of carbonyl (C=O) groups is 6. The second-order valence-electron chi connectivity index (χ2n) is 14.5. The van der Waals surface area contributed by atoms with Crippen molar-refractivity contribution in [2.45, 2.75) is 76.2 Å². The molecule has 16 heteroatoms. The lowest BCUT2D eigenvalue weighted by atomic mass is 9.93. The van der Waals surface area contributed by atoms with E-state index in [1.165, 1.54) is 0 Å². The first-order valence-corrected chi connectivity index (χ1v) is 17.7. The zero-order valence-electron chi connectivity index (χ0n) is 30.5. The number of morpholine rings is 1. The van der Waals surface area contributed by atoms with Gasteiger partial charge < -0.3 is 42.0 Å². The Balaban J connectivity index is 1.43. The Hall–Kier alpha value is -4.90. The smallest absolute Gasteiger partial charge is 0.345 e. The molecule has 8 N–H and O–H groups in total. The number of nitrogens with zero attached hydrogens (tertiary/aromatic N) is 2. The molecule has 53 heavy (non-hydrogen) atoms. The number of likely N-dealkylation sites (tertiary alicyclic amines) is 1. The fraction of sp³-hybridized carbons (Fsp3) is 0.514. The number of rotatable bonds is 16. The summed E-state index contributed by atoms with van der Waals surface area (Å²) in [5.41, 5.74) is 11.6. The molecule has 6 amide bonds. The van der Waals surface area contributed by atoms with Crippen molar-refractivity contribution in [1.29, 1.82) is 0 Å². The highest BCUT2D eigenvalue weighted by Crippen LogP contribution is 2.38. The quantitative estimate of drug-likeness (QED) is 0.122. The van der Waals surface area contributed by atoms with Gasteiger partial charge in [-0.1, -0.05) is 30.3 Å². The maximum atomic E-state index is 14.3. The SMILES string of the molecule is CC(C)(C)[N+]1(C(=O)[C@@H](O)[C@H](Cc2ccccc2)NC(=O)[C@H](CC(N)=O)NC(=O)COc2ccc(NC(=O)CN3CCOCC3)cc2)CCC[C@H]1C(N)=O. The van der Waals surface area contributed by atoms with Gasteiger partial charge in [-0.05, 0) is 57.0 Å². The van der Waals surface area contributed by atoms with Crippen molar-refractivity contribution in [1.82, 2.24) is 15.5 Å². The molecule has 0 radical (unpaired) electrons. The minimum absolute atomic E-state index is 0.00881. The molecule has 1 unspecified atom stereocenters. The number of carbonyl (C=O) groups excluding carboxylic acids is 6. The highest BCUT2D eigenvalue weighted by Gasteiger charge is 2.60. The number of hydrogen-bond donors (Lipinski definition) is 6. The normalized spacial score (nSPS) is 20.7. The van der Waals surface area contributed by atoms with E-state index in [0.29, 0.717) is 56.1 Å².